The van der Waals surface area contributed by atoms with E-state index in [0.29, 0.717) is 19.6 Å². The van der Waals surface area contributed by atoms with Crippen LogP contribution in [0.5, 0.6) is 5.75 Å². The Morgan fingerprint density at radius 2 is 2.33 bits per heavy atom. The van der Waals surface area contributed by atoms with Gasteiger partial charge in [0.1, 0.15) is 11.9 Å². The molecule has 0 aliphatic carbocycles. The highest BCUT2D eigenvalue weighted by Crippen LogP contribution is 2.22. The van der Waals surface area contributed by atoms with Crippen molar-refractivity contribution in [3.8, 4) is 5.75 Å². The molecule has 0 spiro atoms. The van der Waals surface area contributed by atoms with Crippen LogP contribution in [0.2, 0.25) is 0 Å². The number of nitrogens with two attached hydrogens (primary N) is 1. The maximum Gasteiger partial charge on any atom is 0.303 e. The van der Waals surface area contributed by atoms with Crippen LogP contribution in [-0.4, -0.2) is 30.4 Å². The Morgan fingerprint density at radius 1 is 1.56 bits per heavy atom. The van der Waals surface area contributed by atoms with Gasteiger partial charge in [-0.15, -0.1) is 0 Å². The first-order chi connectivity index (χ1) is 8.65. The fourth-order valence-electron chi connectivity index (χ4n) is 1.74. The number of carboxylic acid groups (broad SMARTS) is 1. The first-order valence-electron chi connectivity index (χ1n) is 5.97. The first-order valence-corrected chi connectivity index (χ1v) is 5.97. The molecule has 0 radical (unpaired) electrons. The zero-order valence-corrected chi connectivity index (χ0v) is 10.0. The van der Waals surface area contributed by atoms with Gasteiger partial charge >= 0.3 is 5.97 Å². The summed E-state index contributed by atoms with van der Waals surface area (Å²) in [6.45, 7) is 1.24. The number of carboxylic acids is 1. The van der Waals surface area contributed by atoms with Gasteiger partial charge in [0.15, 0.2) is 0 Å². The van der Waals surface area contributed by atoms with E-state index in [-0.39, 0.29) is 18.6 Å². The van der Waals surface area contributed by atoms with Gasteiger partial charge in [-0.05, 0) is 24.1 Å². The summed E-state index contributed by atoms with van der Waals surface area (Å²) in [6, 6.07) is 7.21. The zero-order valence-electron chi connectivity index (χ0n) is 10.0. The first kappa shape index (κ1) is 12.9. The molecule has 1 fully saturated rings. The van der Waals surface area contributed by atoms with E-state index in [1.165, 1.54) is 0 Å². The molecule has 0 bridgehead atoms. The van der Waals surface area contributed by atoms with E-state index in [4.69, 9.17) is 20.3 Å². The van der Waals surface area contributed by atoms with Gasteiger partial charge in [0.05, 0.1) is 13.2 Å². The Morgan fingerprint density at radius 3 is 2.94 bits per heavy atom. The number of benzene rings is 1. The van der Waals surface area contributed by atoms with Crippen LogP contribution in [0.1, 0.15) is 24.4 Å². The summed E-state index contributed by atoms with van der Waals surface area (Å²) < 4.78 is 10.7. The van der Waals surface area contributed by atoms with Crippen molar-refractivity contribution < 1.29 is 19.4 Å². The minimum absolute atomic E-state index is 0.0721. The number of hydrogen-bond donors (Lipinski definition) is 2. The maximum atomic E-state index is 10.5. The summed E-state index contributed by atoms with van der Waals surface area (Å²) in [5, 5.41) is 8.63. The minimum Gasteiger partial charge on any atom is -0.486 e. The predicted molar refractivity (Wildman–Crippen MR) is 65.5 cm³/mol. The molecule has 1 unspecified atom stereocenters. The van der Waals surface area contributed by atoms with Gasteiger partial charge in [0.25, 0.3) is 0 Å². The average Bonchev–Trinajstić information content (AvgIpc) is 2.31. The minimum atomic E-state index is -0.829. The lowest BCUT2D eigenvalue weighted by atomic mass is 10.0. The lowest BCUT2D eigenvalue weighted by molar-refractivity contribution is -0.137. The van der Waals surface area contributed by atoms with Gasteiger partial charge in [0, 0.05) is 12.5 Å². The summed E-state index contributed by atoms with van der Waals surface area (Å²) in [7, 11) is 0. The molecule has 18 heavy (non-hydrogen) atoms. The number of aliphatic carboxylic acids is 1. The summed E-state index contributed by atoms with van der Waals surface area (Å²) in [5.74, 6) is -0.0731. The smallest absolute Gasteiger partial charge is 0.303 e. The molecular formula is C13H17NO4. The standard InChI is InChI=1S/C13H17NO4/c14-12(4-5-13(15)16)9-2-1-3-10(6-9)18-11-7-17-8-11/h1-3,6,11-12H,4-5,7-8,14H2,(H,15,16). The second-order valence-corrected chi connectivity index (χ2v) is 4.39. The zero-order chi connectivity index (χ0) is 13.0. The largest absolute Gasteiger partial charge is 0.486 e. The average molecular weight is 251 g/mol. The summed E-state index contributed by atoms with van der Waals surface area (Å²) >= 11 is 0. The Kier molecular flexibility index (Phi) is 4.17. The molecule has 3 N–H and O–H groups in total. The van der Waals surface area contributed by atoms with Crippen LogP contribution in [0.25, 0.3) is 0 Å². The van der Waals surface area contributed by atoms with Gasteiger partial charge in [-0.3, -0.25) is 4.79 Å². The quantitative estimate of drug-likeness (QED) is 0.797. The van der Waals surface area contributed by atoms with Crippen molar-refractivity contribution in [2.75, 3.05) is 13.2 Å². The van der Waals surface area contributed by atoms with E-state index in [1.54, 1.807) is 0 Å². The van der Waals surface area contributed by atoms with Crippen molar-refractivity contribution in [3.63, 3.8) is 0 Å². The number of carbonyl (C=O) groups is 1. The molecule has 1 aliphatic rings. The lowest BCUT2D eigenvalue weighted by Crippen LogP contribution is -2.38. The normalized spacial score (nSPS) is 16.9. The van der Waals surface area contributed by atoms with E-state index >= 15 is 0 Å². The molecule has 1 aliphatic heterocycles. The molecule has 1 heterocycles. The Hall–Kier alpha value is -1.59. The number of rotatable bonds is 6. The maximum absolute atomic E-state index is 10.5. The highest BCUT2D eigenvalue weighted by atomic mass is 16.6. The molecule has 98 valence electrons. The predicted octanol–water partition coefficient (Wildman–Crippen LogP) is 1.33. The molecule has 5 nitrogen and oxygen atoms in total. The molecule has 1 aromatic rings. The van der Waals surface area contributed by atoms with E-state index < -0.39 is 5.97 Å². The summed E-state index contributed by atoms with van der Waals surface area (Å²) in [4.78, 5) is 10.5. The van der Waals surface area contributed by atoms with E-state index in [2.05, 4.69) is 0 Å². The second kappa shape index (κ2) is 5.84. The van der Waals surface area contributed by atoms with Crippen LogP contribution in [0.3, 0.4) is 0 Å². The molecule has 1 saturated heterocycles. The fourth-order valence-corrected chi connectivity index (χ4v) is 1.74. The summed E-state index contributed by atoms with van der Waals surface area (Å²) in [5.41, 5.74) is 6.84. The van der Waals surface area contributed by atoms with Crippen molar-refractivity contribution in [2.24, 2.45) is 5.73 Å². The van der Waals surface area contributed by atoms with Crippen molar-refractivity contribution in [1.82, 2.24) is 0 Å². The second-order valence-electron chi connectivity index (χ2n) is 4.39. The van der Waals surface area contributed by atoms with E-state index in [0.717, 1.165) is 11.3 Å². The van der Waals surface area contributed by atoms with Gasteiger partial charge in [-0.25, -0.2) is 0 Å². The highest BCUT2D eigenvalue weighted by molar-refractivity contribution is 5.66. The molecule has 0 aromatic heterocycles. The third-order valence-corrected chi connectivity index (χ3v) is 2.87. The fraction of sp³-hybridized carbons (Fsp3) is 0.462. The molecule has 5 heteroatoms. The lowest BCUT2D eigenvalue weighted by Gasteiger charge is -2.27. The van der Waals surface area contributed by atoms with Crippen LogP contribution in [0, 0.1) is 0 Å². The Labute approximate surface area is 106 Å². The van der Waals surface area contributed by atoms with Crippen LogP contribution in [0.4, 0.5) is 0 Å². The van der Waals surface area contributed by atoms with Crippen molar-refractivity contribution >= 4 is 5.97 Å². The highest BCUT2D eigenvalue weighted by Gasteiger charge is 2.20. The van der Waals surface area contributed by atoms with Crippen LogP contribution in [0.15, 0.2) is 24.3 Å². The molecule has 0 amide bonds. The Balaban J connectivity index is 1.94. The van der Waals surface area contributed by atoms with Gasteiger partial charge < -0.3 is 20.3 Å². The monoisotopic (exact) mass is 251 g/mol. The molecule has 2 rings (SSSR count). The summed E-state index contributed by atoms with van der Waals surface area (Å²) in [6.07, 6.45) is 0.615. The van der Waals surface area contributed by atoms with Crippen molar-refractivity contribution in [2.45, 2.75) is 25.0 Å². The van der Waals surface area contributed by atoms with Crippen LogP contribution in [-0.2, 0) is 9.53 Å². The topological polar surface area (TPSA) is 81.8 Å². The van der Waals surface area contributed by atoms with E-state index in [1.807, 2.05) is 24.3 Å². The van der Waals surface area contributed by atoms with Crippen LogP contribution >= 0.6 is 0 Å². The molecule has 1 atom stereocenters. The van der Waals surface area contributed by atoms with Gasteiger partial charge in [0.2, 0.25) is 0 Å². The third kappa shape index (κ3) is 3.45. The Bertz CT molecular complexity index is 417. The van der Waals surface area contributed by atoms with Crippen molar-refractivity contribution in [3.05, 3.63) is 29.8 Å². The molecule has 0 saturated carbocycles. The number of hydrogen-bond acceptors (Lipinski definition) is 4. The SMILES string of the molecule is NC(CCC(=O)O)c1cccc(OC2COC2)c1. The van der Waals surface area contributed by atoms with Gasteiger partial charge in [-0.2, -0.15) is 0 Å². The van der Waals surface area contributed by atoms with Gasteiger partial charge in [-0.1, -0.05) is 12.1 Å². The van der Waals surface area contributed by atoms with E-state index in [9.17, 15) is 4.79 Å². The van der Waals surface area contributed by atoms with Crippen molar-refractivity contribution in [1.29, 1.82) is 0 Å². The molecule has 1 aromatic carbocycles. The molecular weight excluding hydrogens is 234 g/mol. The number of ether oxygens (including phenoxy) is 2. The third-order valence-electron chi connectivity index (χ3n) is 2.87. The van der Waals surface area contributed by atoms with Crippen LogP contribution < -0.4 is 10.5 Å².